The van der Waals surface area contributed by atoms with Crippen molar-refractivity contribution in [3.8, 4) is 0 Å². The van der Waals surface area contributed by atoms with Crippen LogP contribution in [0.5, 0.6) is 0 Å². The van der Waals surface area contributed by atoms with Crippen molar-refractivity contribution in [2.75, 3.05) is 5.32 Å². The standard InChI is InChI=1S/C15H13BrFNO4/c1-8-11(5-6-21-8)15(20)22-9(2)14(19)18-13-4-3-10(16)7-12(13)17/h3-7,9H,1-2H3,(H,18,19)/t9-/m1/s1. The number of aryl methyl sites for hydroxylation is 1. The smallest absolute Gasteiger partial charge is 0.342 e. The Balaban J connectivity index is 2.00. The Morgan fingerprint density at radius 3 is 2.68 bits per heavy atom. The molecule has 0 fully saturated rings. The second-order valence-electron chi connectivity index (χ2n) is 4.55. The molecule has 0 unspecified atom stereocenters. The molecule has 0 aliphatic heterocycles. The Labute approximate surface area is 134 Å². The molecule has 1 N–H and O–H groups in total. The summed E-state index contributed by atoms with van der Waals surface area (Å²) in [5, 5.41) is 2.37. The van der Waals surface area contributed by atoms with Crippen molar-refractivity contribution >= 4 is 33.5 Å². The highest BCUT2D eigenvalue weighted by Crippen LogP contribution is 2.20. The van der Waals surface area contributed by atoms with E-state index in [0.29, 0.717) is 10.2 Å². The molecule has 0 bridgehead atoms. The number of carbonyl (C=O) groups is 2. The van der Waals surface area contributed by atoms with Gasteiger partial charge >= 0.3 is 5.97 Å². The molecule has 22 heavy (non-hydrogen) atoms. The van der Waals surface area contributed by atoms with Crippen molar-refractivity contribution in [3.63, 3.8) is 0 Å². The lowest BCUT2D eigenvalue weighted by Gasteiger charge is -2.13. The van der Waals surface area contributed by atoms with E-state index in [9.17, 15) is 14.0 Å². The molecule has 0 saturated carbocycles. The molecule has 2 aromatic rings. The van der Waals surface area contributed by atoms with Crippen LogP contribution in [0.1, 0.15) is 23.0 Å². The molecule has 0 saturated heterocycles. The third-order valence-electron chi connectivity index (χ3n) is 2.92. The van der Waals surface area contributed by atoms with Gasteiger partial charge in [-0.1, -0.05) is 15.9 Å². The number of ether oxygens (including phenoxy) is 1. The van der Waals surface area contributed by atoms with Gasteiger partial charge in [0.05, 0.1) is 12.0 Å². The summed E-state index contributed by atoms with van der Waals surface area (Å²) in [7, 11) is 0. The number of nitrogens with one attached hydrogen (secondary N) is 1. The van der Waals surface area contributed by atoms with Crippen LogP contribution in [0.15, 0.2) is 39.4 Å². The zero-order valence-corrected chi connectivity index (χ0v) is 13.4. The molecule has 7 heteroatoms. The molecule has 5 nitrogen and oxygen atoms in total. The van der Waals surface area contributed by atoms with Crippen LogP contribution in [0, 0.1) is 12.7 Å². The highest BCUT2D eigenvalue weighted by Gasteiger charge is 2.22. The van der Waals surface area contributed by atoms with Crippen LogP contribution >= 0.6 is 15.9 Å². The molecule has 0 aliphatic carbocycles. The van der Waals surface area contributed by atoms with Gasteiger partial charge in [-0.15, -0.1) is 0 Å². The van der Waals surface area contributed by atoms with Crippen molar-refractivity contribution in [1.29, 1.82) is 0 Å². The lowest BCUT2D eigenvalue weighted by molar-refractivity contribution is -0.123. The van der Waals surface area contributed by atoms with Gasteiger partial charge < -0.3 is 14.5 Å². The van der Waals surface area contributed by atoms with Gasteiger partial charge in [0.25, 0.3) is 5.91 Å². The van der Waals surface area contributed by atoms with Crippen molar-refractivity contribution < 1.29 is 23.1 Å². The van der Waals surface area contributed by atoms with Gasteiger partial charge in [0.2, 0.25) is 0 Å². The third-order valence-corrected chi connectivity index (χ3v) is 3.41. The van der Waals surface area contributed by atoms with E-state index in [1.807, 2.05) is 0 Å². The highest BCUT2D eigenvalue weighted by atomic mass is 79.9. The van der Waals surface area contributed by atoms with Crippen LogP contribution in [0.3, 0.4) is 0 Å². The number of anilines is 1. The van der Waals surface area contributed by atoms with E-state index in [2.05, 4.69) is 21.2 Å². The summed E-state index contributed by atoms with van der Waals surface area (Å²) in [5.41, 5.74) is 0.255. The number of benzene rings is 1. The van der Waals surface area contributed by atoms with Gasteiger partial charge in [0.1, 0.15) is 17.1 Å². The van der Waals surface area contributed by atoms with E-state index >= 15 is 0 Å². The molecular weight excluding hydrogens is 357 g/mol. The maximum atomic E-state index is 13.6. The topological polar surface area (TPSA) is 68.5 Å². The molecule has 0 aliphatic rings. The van der Waals surface area contributed by atoms with Crippen molar-refractivity contribution in [2.45, 2.75) is 20.0 Å². The fourth-order valence-electron chi connectivity index (χ4n) is 1.70. The SMILES string of the molecule is Cc1occc1C(=O)O[C@H](C)C(=O)Nc1ccc(Br)cc1F. The summed E-state index contributed by atoms with van der Waals surface area (Å²) in [6, 6.07) is 5.67. The largest absolute Gasteiger partial charge is 0.469 e. The number of hydrogen-bond donors (Lipinski definition) is 1. The summed E-state index contributed by atoms with van der Waals surface area (Å²) in [5.74, 6) is -1.50. The summed E-state index contributed by atoms with van der Waals surface area (Å²) >= 11 is 3.12. The zero-order valence-electron chi connectivity index (χ0n) is 11.9. The van der Waals surface area contributed by atoms with Crippen LogP contribution in [-0.4, -0.2) is 18.0 Å². The minimum Gasteiger partial charge on any atom is -0.469 e. The monoisotopic (exact) mass is 369 g/mol. The number of amides is 1. The van der Waals surface area contributed by atoms with E-state index < -0.39 is 23.8 Å². The van der Waals surface area contributed by atoms with Gasteiger partial charge in [-0.25, -0.2) is 9.18 Å². The second kappa shape index (κ2) is 6.74. The highest BCUT2D eigenvalue weighted by molar-refractivity contribution is 9.10. The Morgan fingerprint density at radius 1 is 1.36 bits per heavy atom. The van der Waals surface area contributed by atoms with Crippen LogP contribution in [-0.2, 0) is 9.53 Å². The molecule has 1 aromatic heterocycles. The Morgan fingerprint density at radius 2 is 2.09 bits per heavy atom. The number of halogens is 2. The van der Waals surface area contributed by atoms with E-state index in [-0.39, 0.29) is 11.3 Å². The Kier molecular flexibility index (Phi) is 4.97. The summed E-state index contributed by atoms with van der Waals surface area (Å²) in [4.78, 5) is 23.8. The second-order valence-corrected chi connectivity index (χ2v) is 5.47. The average Bonchev–Trinajstić information content (AvgIpc) is 2.88. The fourth-order valence-corrected chi connectivity index (χ4v) is 2.03. The van der Waals surface area contributed by atoms with Gasteiger partial charge in [0.15, 0.2) is 6.10 Å². The molecule has 1 amide bonds. The lowest BCUT2D eigenvalue weighted by atomic mass is 10.2. The summed E-state index contributed by atoms with van der Waals surface area (Å²) < 4.78 is 24.2. The summed E-state index contributed by atoms with van der Waals surface area (Å²) in [6.07, 6.45) is 0.276. The Hall–Kier alpha value is -2.15. The Bertz CT molecular complexity index is 713. The molecular formula is C15H13BrFNO4. The molecule has 2 rings (SSSR count). The van der Waals surface area contributed by atoms with Crippen LogP contribution in [0.2, 0.25) is 0 Å². The van der Waals surface area contributed by atoms with Crippen molar-refractivity contribution in [2.24, 2.45) is 0 Å². The predicted molar refractivity (Wildman–Crippen MR) is 81.1 cm³/mol. The fraction of sp³-hybridized carbons (Fsp3) is 0.200. The summed E-state index contributed by atoms with van der Waals surface area (Å²) in [6.45, 7) is 3.01. The maximum Gasteiger partial charge on any atom is 0.342 e. The van der Waals surface area contributed by atoms with Gasteiger partial charge in [-0.2, -0.15) is 0 Å². The maximum absolute atomic E-state index is 13.6. The van der Waals surface area contributed by atoms with Crippen molar-refractivity contribution in [3.05, 3.63) is 52.1 Å². The minimum atomic E-state index is -1.08. The van der Waals surface area contributed by atoms with Crippen LogP contribution in [0.4, 0.5) is 10.1 Å². The zero-order chi connectivity index (χ0) is 16.3. The predicted octanol–water partition coefficient (Wildman–Crippen LogP) is 3.67. The normalized spacial score (nSPS) is 11.8. The first-order valence-electron chi connectivity index (χ1n) is 6.39. The molecule has 1 heterocycles. The van der Waals surface area contributed by atoms with Crippen LogP contribution in [0.25, 0.3) is 0 Å². The lowest BCUT2D eigenvalue weighted by Crippen LogP contribution is -2.30. The van der Waals surface area contributed by atoms with Crippen molar-refractivity contribution in [1.82, 2.24) is 0 Å². The first-order chi connectivity index (χ1) is 10.4. The molecule has 116 valence electrons. The van der Waals surface area contributed by atoms with Gasteiger partial charge in [-0.3, -0.25) is 4.79 Å². The minimum absolute atomic E-state index is 0.00981. The van der Waals surface area contributed by atoms with Crippen LogP contribution < -0.4 is 5.32 Å². The first-order valence-corrected chi connectivity index (χ1v) is 7.18. The average molecular weight is 370 g/mol. The van der Waals surface area contributed by atoms with Gasteiger partial charge in [-0.05, 0) is 38.1 Å². The van der Waals surface area contributed by atoms with E-state index in [1.54, 1.807) is 13.0 Å². The quantitative estimate of drug-likeness (QED) is 0.834. The number of rotatable bonds is 4. The first kappa shape index (κ1) is 16.2. The van der Waals surface area contributed by atoms with E-state index in [0.717, 1.165) is 0 Å². The molecule has 0 spiro atoms. The number of carbonyl (C=O) groups excluding carboxylic acids is 2. The number of hydrogen-bond acceptors (Lipinski definition) is 4. The number of esters is 1. The molecule has 1 aromatic carbocycles. The molecule has 0 radical (unpaired) electrons. The van der Waals surface area contributed by atoms with E-state index in [4.69, 9.17) is 9.15 Å². The van der Waals surface area contributed by atoms with E-state index in [1.165, 1.54) is 31.4 Å². The third kappa shape index (κ3) is 3.73. The number of furan rings is 1. The molecule has 1 atom stereocenters. The van der Waals surface area contributed by atoms with Gasteiger partial charge in [0, 0.05) is 4.47 Å².